The van der Waals surface area contributed by atoms with Crippen LogP contribution in [0, 0.1) is 0 Å². The minimum Gasteiger partial charge on any atom is -0.465 e. The van der Waals surface area contributed by atoms with Gasteiger partial charge >= 0.3 is 0 Å². The molecule has 1 aromatic heterocycles. The van der Waals surface area contributed by atoms with E-state index >= 15 is 0 Å². The van der Waals surface area contributed by atoms with E-state index < -0.39 is 11.8 Å². The van der Waals surface area contributed by atoms with E-state index in [0.29, 0.717) is 18.7 Å². The lowest BCUT2D eigenvalue weighted by Crippen LogP contribution is -2.34. The van der Waals surface area contributed by atoms with Gasteiger partial charge in [-0.3, -0.25) is 9.59 Å². The monoisotopic (exact) mass is 340 g/mol. The van der Waals surface area contributed by atoms with E-state index in [1.54, 1.807) is 18.2 Å². The van der Waals surface area contributed by atoms with Gasteiger partial charge in [0.05, 0.1) is 6.26 Å². The van der Waals surface area contributed by atoms with Gasteiger partial charge in [-0.1, -0.05) is 30.3 Å². The Kier molecular flexibility index (Phi) is 7.21. The number of rotatable bonds is 8. The van der Waals surface area contributed by atoms with E-state index in [2.05, 4.69) is 10.6 Å². The van der Waals surface area contributed by atoms with Gasteiger partial charge in [-0.25, -0.2) is 0 Å². The fraction of sp³-hybridized carbons (Fsp3) is 0.158. The number of carbonyl (C=O) groups excluding carboxylic acids is 2. The summed E-state index contributed by atoms with van der Waals surface area (Å²) < 4.78 is 5.18. The van der Waals surface area contributed by atoms with Crippen LogP contribution in [-0.2, 0) is 9.59 Å². The Balaban J connectivity index is 2.06. The van der Waals surface area contributed by atoms with Crippen molar-refractivity contribution in [3.8, 4) is 0 Å². The molecule has 0 unspecified atom stereocenters. The predicted octanol–water partition coefficient (Wildman–Crippen LogP) is 1.95. The zero-order chi connectivity index (χ0) is 17.9. The average molecular weight is 340 g/mol. The Morgan fingerprint density at radius 2 is 1.92 bits per heavy atom. The molecule has 0 bridgehead atoms. The van der Waals surface area contributed by atoms with Gasteiger partial charge < -0.3 is 20.2 Å². The Bertz CT molecular complexity index is 734. The second-order valence-electron chi connectivity index (χ2n) is 5.14. The molecule has 0 saturated carbocycles. The van der Waals surface area contributed by atoms with Gasteiger partial charge in [0.15, 0.2) is 0 Å². The lowest BCUT2D eigenvalue weighted by atomic mass is 10.2. The largest absolute Gasteiger partial charge is 0.465 e. The first-order valence-electron chi connectivity index (χ1n) is 7.87. The normalized spacial score (nSPS) is 11.5. The average Bonchev–Trinajstić information content (AvgIpc) is 3.13. The molecule has 6 nitrogen and oxygen atoms in total. The molecule has 0 aliphatic heterocycles. The number of nitrogens with one attached hydrogen (secondary N) is 2. The molecule has 130 valence electrons. The van der Waals surface area contributed by atoms with E-state index in [-0.39, 0.29) is 12.3 Å². The Labute approximate surface area is 145 Å². The molecule has 2 amide bonds. The van der Waals surface area contributed by atoms with Crippen LogP contribution in [0.25, 0.3) is 12.2 Å². The molecule has 6 heteroatoms. The number of benzene rings is 1. The minimum absolute atomic E-state index is 0.0241. The summed E-state index contributed by atoms with van der Waals surface area (Å²) in [4.78, 5) is 24.3. The van der Waals surface area contributed by atoms with Crippen molar-refractivity contribution < 1.29 is 19.1 Å². The summed E-state index contributed by atoms with van der Waals surface area (Å²) in [6.45, 7) is 0.282. The molecule has 2 rings (SSSR count). The fourth-order valence-corrected chi connectivity index (χ4v) is 1.96. The van der Waals surface area contributed by atoms with Gasteiger partial charge in [0.2, 0.25) is 5.91 Å². The van der Waals surface area contributed by atoms with Gasteiger partial charge in [0.25, 0.3) is 5.91 Å². The van der Waals surface area contributed by atoms with Crippen molar-refractivity contribution in [3.05, 3.63) is 71.8 Å². The number of hydrogen-bond donors (Lipinski definition) is 3. The summed E-state index contributed by atoms with van der Waals surface area (Å²) >= 11 is 0. The molecule has 2 aromatic rings. The third-order valence-electron chi connectivity index (χ3n) is 3.18. The molecular formula is C19H20N2O4. The number of carbonyl (C=O) groups is 2. The Morgan fingerprint density at radius 3 is 2.60 bits per heavy atom. The highest BCUT2D eigenvalue weighted by atomic mass is 16.3. The van der Waals surface area contributed by atoms with E-state index in [1.807, 2.05) is 30.3 Å². The van der Waals surface area contributed by atoms with E-state index in [4.69, 9.17) is 9.52 Å². The van der Waals surface area contributed by atoms with Crippen molar-refractivity contribution in [2.75, 3.05) is 13.2 Å². The van der Waals surface area contributed by atoms with Gasteiger partial charge in [0.1, 0.15) is 11.5 Å². The highest BCUT2D eigenvalue weighted by Crippen LogP contribution is 2.07. The SMILES string of the molecule is O=C(/C=C/c1ccccc1)N/C(=C\c1ccco1)C(=O)NCCCO. The van der Waals surface area contributed by atoms with Crippen LogP contribution in [0.1, 0.15) is 17.7 Å². The summed E-state index contributed by atoms with van der Waals surface area (Å²) in [5, 5.41) is 14.0. The maximum atomic E-state index is 12.2. The topological polar surface area (TPSA) is 91.6 Å². The quantitative estimate of drug-likeness (QED) is 0.506. The molecule has 0 atom stereocenters. The molecule has 3 N–H and O–H groups in total. The number of aliphatic hydroxyl groups excluding tert-OH is 1. The molecule has 0 aliphatic rings. The summed E-state index contributed by atoms with van der Waals surface area (Å²) in [5.41, 5.74) is 0.942. The Morgan fingerprint density at radius 1 is 1.12 bits per heavy atom. The molecule has 0 spiro atoms. The second kappa shape index (κ2) is 9.89. The van der Waals surface area contributed by atoms with Crippen molar-refractivity contribution in [2.45, 2.75) is 6.42 Å². The Hall–Kier alpha value is -3.12. The van der Waals surface area contributed by atoms with Gasteiger partial charge in [-0.05, 0) is 30.2 Å². The first kappa shape index (κ1) is 18.2. The smallest absolute Gasteiger partial charge is 0.267 e. The summed E-state index contributed by atoms with van der Waals surface area (Å²) in [6, 6.07) is 12.7. The van der Waals surface area contributed by atoms with Crippen LogP contribution >= 0.6 is 0 Å². The number of amides is 2. The molecule has 0 radical (unpaired) electrons. The summed E-state index contributed by atoms with van der Waals surface area (Å²) in [7, 11) is 0. The number of aliphatic hydroxyl groups is 1. The highest BCUT2D eigenvalue weighted by Gasteiger charge is 2.12. The van der Waals surface area contributed by atoms with Crippen LogP contribution in [0.3, 0.4) is 0 Å². The van der Waals surface area contributed by atoms with Crippen molar-refractivity contribution in [3.63, 3.8) is 0 Å². The number of furan rings is 1. The van der Waals surface area contributed by atoms with Gasteiger partial charge in [-0.15, -0.1) is 0 Å². The van der Waals surface area contributed by atoms with E-state index in [0.717, 1.165) is 5.56 Å². The van der Waals surface area contributed by atoms with Crippen molar-refractivity contribution in [1.82, 2.24) is 10.6 Å². The zero-order valence-electron chi connectivity index (χ0n) is 13.6. The third kappa shape index (κ3) is 6.48. The highest BCUT2D eigenvalue weighted by molar-refractivity contribution is 6.04. The minimum atomic E-state index is -0.452. The van der Waals surface area contributed by atoms with E-state index in [1.165, 1.54) is 18.4 Å². The molecule has 1 aromatic carbocycles. The van der Waals surface area contributed by atoms with Gasteiger partial charge in [0, 0.05) is 25.3 Å². The maximum absolute atomic E-state index is 12.2. The first-order chi connectivity index (χ1) is 12.2. The molecular weight excluding hydrogens is 320 g/mol. The summed E-state index contributed by atoms with van der Waals surface area (Å²) in [6.07, 6.45) is 6.37. The molecule has 0 saturated heterocycles. The number of hydrogen-bond acceptors (Lipinski definition) is 4. The molecule has 0 fully saturated rings. The lowest BCUT2D eigenvalue weighted by molar-refractivity contribution is -0.121. The van der Waals surface area contributed by atoms with Crippen LogP contribution in [-0.4, -0.2) is 30.1 Å². The second-order valence-corrected chi connectivity index (χ2v) is 5.14. The molecule has 0 aliphatic carbocycles. The van der Waals surface area contributed by atoms with E-state index in [9.17, 15) is 9.59 Å². The van der Waals surface area contributed by atoms with Crippen molar-refractivity contribution in [2.24, 2.45) is 0 Å². The zero-order valence-corrected chi connectivity index (χ0v) is 13.6. The van der Waals surface area contributed by atoms with Crippen molar-refractivity contribution in [1.29, 1.82) is 0 Å². The third-order valence-corrected chi connectivity index (χ3v) is 3.18. The molecule has 1 heterocycles. The van der Waals surface area contributed by atoms with Crippen molar-refractivity contribution >= 4 is 24.0 Å². The first-order valence-corrected chi connectivity index (χ1v) is 7.87. The molecule has 25 heavy (non-hydrogen) atoms. The predicted molar refractivity (Wildman–Crippen MR) is 95.0 cm³/mol. The van der Waals surface area contributed by atoms with Crippen LogP contribution in [0.4, 0.5) is 0 Å². The van der Waals surface area contributed by atoms with Crippen LogP contribution in [0.5, 0.6) is 0 Å². The maximum Gasteiger partial charge on any atom is 0.267 e. The lowest BCUT2D eigenvalue weighted by Gasteiger charge is -2.08. The van der Waals surface area contributed by atoms with Crippen LogP contribution < -0.4 is 10.6 Å². The standard InChI is InChI=1S/C19H20N2O4/c22-12-5-11-20-19(24)17(14-16-8-4-13-25-16)21-18(23)10-9-15-6-2-1-3-7-15/h1-4,6-10,13-14,22H,5,11-12H2,(H,20,24)(H,21,23)/b10-9+,17-14-. The fourth-order valence-electron chi connectivity index (χ4n) is 1.96. The summed E-state index contributed by atoms with van der Waals surface area (Å²) in [5.74, 6) is -0.440. The van der Waals surface area contributed by atoms with Crippen LogP contribution in [0.15, 0.2) is 64.9 Å². The van der Waals surface area contributed by atoms with Crippen LogP contribution in [0.2, 0.25) is 0 Å². The van der Waals surface area contributed by atoms with Gasteiger partial charge in [-0.2, -0.15) is 0 Å².